The van der Waals surface area contributed by atoms with Crippen molar-refractivity contribution in [2.24, 2.45) is 5.92 Å². The Morgan fingerprint density at radius 3 is 2.89 bits per heavy atom. The molecular weight excluding hydrogens is 226 g/mol. The third kappa shape index (κ3) is 2.63. The fraction of sp³-hybridized carbons (Fsp3) is 0.571. The Morgan fingerprint density at radius 1 is 1.50 bits per heavy atom. The molecule has 1 unspecified atom stereocenters. The molecule has 0 aliphatic carbocycles. The number of likely N-dealkylation sites (tertiary alicyclic amines) is 1. The molecule has 0 bridgehead atoms. The minimum absolute atomic E-state index is 0.0924. The minimum atomic E-state index is 0.0924. The van der Waals surface area contributed by atoms with Gasteiger partial charge in [-0.3, -0.25) is 4.79 Å². The van der Waals surface area contributed by atoms with Gasteiger partial charge in [-0.25, -0.2) is 4.98 Å². The Kier molecular flexibility index (Phi) is 3.84. The second-order valence-electron chi connectivity index (χ2n) is 4.94. The molecule has 1 amide bonds. The highest BCUT2D eigenvalue weighted by Gasteiger charge is 2.26. The van der Waals surface area contributed by atoms with Gasteiger partial charge in [0.25, 0.3) is 5.91 Å². The molecule has 4 heteroatoms. The van der Waals surface area contributed by atoms with Gasteiger partial charge < -0.3 is 10.6 Å². The summed E-state index contributed by atoms with van der Waals surface area (Å²) in [5.74, 6) is 1.18. The summed E-state index contributed by atoms with van der Waals surface area (Å²) in [6, 6.07) is 3.54. The number of hydrogen-bond acceptors (Lipinski definition) is 3. The number of amides is 1. The van der Waals surface area contributed by atoms with Crippen LogP contribution in [0.2, 0.25) is 0 Å². The maximum atomic E-state index is 12.4. The maximum Gasteiger partial charge on any atom is 0.254 e. The van der Waals surface area contributed by atoms with Crippen LogP contribution in [0.1, 0.15) is 42.7 Å². The molecule has 1 atom stereocenters. The summed E-state index contributed by atoms with van der Waals surface area (Å²) < 4.78 is 0. The van der Waals surface area contributed by atoms with Gasteiger partial charge in [-0.2, -0.15) is 0 Å². The average molecular weight is 247 g/mol. The third-order valence-electron chi connectivity index (χ3n) is 3.66. The first-order chi connectivity index (χ1) is 8.63. The molecule has 98 valence electrons. The predicted octanol–water partition coefficient (Wildman–Crippen LogP) is 2.10. The number of aromatic nitrogens is 1. The monoisotopic (exact) mass is 247 g/mol. The van der Waals surface area contributed by atoms with E-state index in [1.807, 2.05) is 17.9 Å². The number of nitrogens with two attached hydrogens (primary N) is 1. The topological polar surface area (TPSA) is 59.2 Å². The molecule has 0 radical (unpaired) electrons. The number of pyridine rings is 1. The van der Waals surface area contributed by atoms with Crippen molar-refractivity contribution in [2.45, 2.75) is 33.1 Å². The van der Waals surface area contributed by atoms with Crippen molar-refractivity contribution in [3.8, 4) is 0 Å². The number of nitrogens with zero attached hydrogens (tertiary/aromatic N) is 2. The Labute approximate surface area is 108 Å². The summed E-state index contributed by atoms with van der Waals surface area (Å²) in [6.07, 6.45) is 3.05. The number of carbonyl (C=O) groups is 1. The lowest BCUT2D eigenvalue weighted by molar-refractivity contribution is 0.0786. The van der Waals surface area contributed by atoms with Gasteiger partial charge in [-0.1, -0.05) is 20.3 Å². The van der Waals surface area contributed by atoms with Crippen LogP contribution >= 0.6 is 0 Å². The van der Waals surface area contributed by atoms with Gasteiger partial charge in [-0.05, 0) is 30.9 Å². The smallest absolute Gasteiger partial charge is 0.254 e. The van der Waals surface area contributed by atoms with Crippen molar-refractivity contribution in [1.29, 1.82) is 0 Å². The van der Waals surface area contributed by atoms with Crippen LogP contribution in [0.25, 0.3) is 0 Å². The highest BCUT2D eigenvalue weighted by atomic mass is 16.2. The summed E-state index contributed by atoms with van der Waals surface area (Å²) in [6.45, 7) is 5.93. The number of anilines is 1. The predicted molar refractivity (Wildman–Crippen MR) is 72.3 cm³/mol. The highest BCUT2D eigenvalue weighted by molar-refractivity contribution is 5.95. The third-order valence-corrected chi connectivity index (χ3v) is 3.66. The zero-order valence-electron chi connectivity index (χ0n) is 11.1. The first-order valence-electron chi connectivity index (χ1n) is 6.69. The molecule has 1 aromatic heterocycles. The first-order valence-corrected chi connectivity index (χ1v) is 6.69. The number of hydrogen-bond donors (Lipinski definition) is 1. The fourth-order valence-corrected chi connectivity index (χ4v) is 2.45. The van der Waals surface area contributed by atoms with Crippen LogP contribution < -0.4 is 5.73 Å². The average Bonchev–Trinajstić information content (AvgIpc) is 2.85. The molecule has 18 heavy (non-hydrogen) atoms. The van der Waals surface area contributed by atoms with Crippen LogP contribution in [-0.2, 0) is 6.42 Å². The summed E-state index contributed by atoms with van der Waals surface area (Å²) in [7, 11) is 0. The number of aryl methyl sites for hydroxylation is 1. The van der Waals surface area contributed by atoms with Crippen molar-refractivity contribution in [3.05, 3.63) is 23.4 Å². The Balaban J connectivity index is 2.16. The SMILES string of the molecule is CCc1cc(C(=O)N2CCC(CC)C2)cc(N)n1. The fourth-order valence-electron chi connectivity index (χ4n) is 2.45. The number of rotatable bonds is 3. The van der Waals surface area contributed by atoms with Crippen molar-refractivity contribution in [2.75, 3.05) is 18.8 Å². The Hall–Kier alpha value is -1.58. The van der Waals surface area contributed by atoms with Crippen LogP contribution in [0.4, 0.5) is 5.82 Å². The maximum absolute atomic E-state index is 12.4. The van der Waals surface area contributed by atoms with Gasteiger partial charge in [0.1, 0.15) is 5.82 Å². The van der Waals surface area contributed by atoms with Gasteiger partial charge in [0.15, 0.2) is 0 Å². The van der Waals surface area contributed by atoms with E-state index in [9.17, 15) is 4.79 Å². The van der Waals surface area contributed by atoms with E-state index in [4.69, 9.17) is 5.73 Å². The second-order valence-corrected chi connectivity index (χ2v) is 4.94. The lowest BCUT2D eigenvalue weighted by Gasteiger charge is -2.17. The van der Waals surface area contributed by atoms with Crippen molar-refractivity contribution >= 4 is 11.7 Å². The molecule has 0 saturated carbocycles. The molecule has 2 heterocycles. The van der Waals surface area contributed by atoms with E-state index in [0.717, 1.165) is 38.0 Å². The van der Waals surface area contributed by atoms with Gasteiger partial charge in [0.2, 0.25) is 0 Å². The van der Waals surface area contributed by atoms with E-state index in [1.54, 1.807) is 6.07 Å². The molecule has 4 nitrogen and oxygen atoms in total. The molecule has 1 saturated heterocycles. The van der Waals surface area contributed by atoms with Crippen molar-refractivity contribution < 1.29 is 4.79 Å². The van der Waals surface area contributed by atoms with E-state index in [-0.39, 0.29) is 5.91 Å². The number of carbonyl (C=O) groups excluding carboxylic acids is 1. The molecule has 0 spiro atoms. The number of nitrogen functional groups attached to an aromatic ring is 1. The van der Waals surface area contributed by atoms with Crippen molar-refractivity contribution in [3.63, 3.8) is 0 Å². The summed E-state index contributed by atoms with van der Waals surface area (Å²) >= 11 is 0. The molecule has 1 aliphatic heterocycles. The van der Waals surface area contributed by atoms with Gasteiger partial charge in [0, 0.05) is 24.3 Å². The van der Waals surface area contributed by atoms with Crippen LogP contribution in [0.15, 0.2) is 12.1 Å². The standard InChI is InChI=1S/C14H21N3O/c1-3-10-5-6-17(9-10)14(18)11-7-12(4-2)16-13(15)8-11/h7-8,10H,3-6,9H2,1-2H3,(H2,15,16). The summed E-state index contributed by atoms with van der Waals surface area (Å²) in [5.41, 5.74) is 7.30. The normalized spacial score (nSPS) is 19.2. The second kappa shape index (κ2) is 5.38. The molecule has 2 rings (SSSR count). The van der Waals surface area contributed by atoms with E-state index in [1.165, 1.54) is 0 Å². The molecule has 1 fully saturated rings. The largest absolute Gasteiger partial charge is 0.384 e. The van der Waals surface area contributed by atoms with Gasteiger partial charge >= 0.3 is 0 Å². The van der Waals surface area contributed by atoms with E-state index in [2.05, 4.69) is 11.9 Å². The highest BCUT2D eigenvalue weighted by Crippen LogP contribution is 2.21. The van der Waals surface area contributed by atoms with Crippen LogP contribution in [0, 0.1) is 5.92 Å². The van der Waals surface area contributed by atoms with E-state index >= 15 is 0 Å². The van der Waals surface area contributed by atoms with Crippen LogP contribution in [-0.4, -0.2) is 28.9 Å². The Bertz CT molecular complexity index is 445. The zero-order chi connectivity index (χ0) is 13.1. The van der Waals surface area contributed by atoms with Crippen molar-refractivity contribution in [1.82, 2.24) is 9.88 Å². The lowest BCUT2D eigenvalue weighted by atomic mass is 10.1. The molecule has 2 N–H and O–H groups in total. The quantitative estimate of drug-likeness (QED) is 0.889. The lowest BCUT2D eigenvalue weighted by Crippen LogP contribution is -2.29. The summed E-state index contributed by atoms with van der Waals surface area (Å²) in [5, 5.41) is 0. The molecule has 1 aliphatic rings. The molecule has 0 aromatic carbocycles. The molecule has 1 aromatic rings. The first kappa shape index (κ1) is 12.9. The van der Waals surface area contributed by atoms with Gasteiger partial charge in [-0.15, -0.1) is 0 Å². The Morgan fingerprint density at radius 2 is 2.28 bits per heavy atom. The van der Waals surface area contributed by atoms with E-state index < -0.39 is 0 Å². The molecular formula is C14H21N3O. The van der Waals surface area contributed by atoms with Crippen LogP contribution in [0.3, 0.4) is 0 Å². The summed E-state index contributed by atoms with van der Waals surface area (Å²) in [4.78, 5) is 18.5. The van der Waals surface area contributed by atoms with Gasteiger partial charge in [0.05, 0.1) is 0 Å². The minimum Gasteiger partial charge on any atom is -0.384 e. The van der Waals surface area contributed by atoms with E-state index in [0.29, 0.717) is 17.3 Å². The zero-order valence-corrected chi connectivity index (χ0v) is 11.1. The van der Waals surface area contributed by atoms with Crippen LogP contribution in [0.5, 0.6) is 0 Å².